The van der Waals surface area contributed by atoms with E-state index in [0.717, 1.165) is 29.2 Å². The van der Waals surface area contributed by atoms with E-state index in [1.54, 1.807) is 53.4 Å². The number of aliphatic hydroxyl groups excluding tert-OH is 1. The lowest BCUT2D eigenvalue weighted by molar-refractivity contribution is -0.0995. The monoisotopic (exact) mass is 713 g/mol. The minimum Gasteiger partial charge on any atom is -0.490 e. The van der Waals surface area contributed by atoms with E-state index < -0.39 is 29.2 Å². The first-order valence-corrected chi connectivity index (χ1v) is 16.9. The molecule has 1 saturated heterocycles. The molecule has 2 aromatic heterocycles. The molecule has 1 atom stereocenters. The van der Waals surface area contributed by atoms with Gasteiger partial charge in [0, 0.05) is 25.2 Å². The number of hydrogen-bond acceptors (Lipinski definition) is 11. The van der Waals surface area contributed by atoms with E-state index in [4.69, 9.17) is 29.2 Å². The summed E-state index contributed by atoms with van der Waals surface area (Å²) in [7, 11) is 0. The van der Waals surface area contributed by atoms with Crippen molar-refractivity contribution in [3.05, 3.63) is 101 Å². The van der Waals surface area contributed by atoms with E-state index in [-0.39, 0.29) is 38.4 Å². The number of likely N-dealkylation sites (tertiary alicyclic amines) is 1. The Morgan fingerprint density at radius 1 is 0.788 bits per heavy atom. The van der Waals surface area contributed by atoms with Crippen LogP contribution in [-0.2, 0) is 14.4 Å². The fourth-order valence-corrected chi connectivity index (χ4v) is 5.97. The Bertz CT molecular complexity index is 1930. The van der Waals surface area contributed by atoms with Gasteiger partial charge in [-0.3, -0.25) is 28.9 Å². The minimum atomic E-state index is -0.529. The molecule has 4 aromatic rings. The van der Waals surface area contributed by atoms with E-state index in [1.165, 1.54) is 0 Å². The van der Waals surface area contributed by atoms with Crippen molar-refractivity contribution in [3.63, 3.8) is 0 Å². The van der Waals surface area contributed by atoms with E-state index >= 15 is 0 Å². The standard InChI is InChI=1S/C27H30N4O6.C10H9NO4/c1-27(2,3)37-26(34)29-12-6-7-18(15-29)22-17-30-16-19(10-11-23(30)28-22)35-13-14-36-31-24(32)20-8-4-5-9-21(20)25(31)33;12-5-6-15-11-9(13)7-3-1-2-4-8(7)10(11)14/h4-5,8-11,16-18H,6-7,12-15H2,1-3H3;1-4,12H,5-6H2. The van der Waals surface area contributed by atoms with Crippen LogP contribution >= 0.6 is 0 Å². The number of ether oxygens (including phenoxy) is 2. The average Bonchev–Trinajstić information content (AvgIpc) is 3.75. The number of pyridine rings is 1. The SMILES string of the molecule is CC(C)(C)OC(=O)N1CCCC(c2cn3cc(OCCON4C(=O)c5ccccc5C4=O)ccc3n2)C1.O=C1c2ccccc2C(=O)N1OCCO. The highest BCUT2D eigenvalue weighted by Gasteiger charge is 2.37. The Labute approximate surface area is 299 Å². The number of aliphatic hydroxyl groups is 1. The lowest BCUT2D eigenvalue weighted by Crippen LogP contribution is -2.42. The second kappa shape index (κ2) is 15.3. The number of imide groups is 2. The zero-order valence-corrected chi connectivity index (χ0v) is 29.0. The summed E-state index contributed by atoms with van der Waals surface area (Å²) >= 11 is 0. The molecule has 2 aromatic carbocycles. The molecule has 272 valence electrons. The number of benzene rings is 2. The Morgan fingerprint density at radius 2 is 1.35 bits per heavy atom. The molecule has 5 amide bonds. The first-order chi connectivity index (χ1) is 24.9. The summed E-state index contributed by atoms with van der Waals surface area (Å²) < 4.78 is 13.2. The summed E-state index contributed by atoms with van der Waals surface area (Å²) in [5.41, 5.74) is 2.50. The van der Waals surface area contributed by atoms with Gasteiger partial charge < -0.3 is 23.9 Å². The van der Waals surface area contributed by atoms with Gasteiger partial charge in [-0.15, -0.1) is 10.1 Å². The fraction of sp³-hybridized carbons (Fsp3) is 0.351. The molecule has 1 unspecified atom stereocenters. The van der Waals surface area contributed by atoms with Crippen LogP contribution in [0.3, 0.4) is 0 Å². The van der Waals surface area contributed by atoms with Gasteiger partial charge in [0.25, 0.3) is 23.6 Å². The molecule has 15 heteroatoms. The van der Waals surface area contributed by atoms with Gasteiger partial charge in [-0.05, 0) is 70.0 Å². The van der Waals surface area contributed by atoms with Crippen LogP contribution in [0.15, 0.2) is 73.1 Å². The molecule has 7 rings (SSSR count). The molecule has 0 aliphatic carbocycles. The number of nitrogens with zero attached hydrogens (tertiary/aromatic N) is 5. The molecule has 3 aliphatic rings. The third-order valence-electron chi connectivity index (χ3n) is 8.33. The molecule has 1 N–H and O–H groups in total. The van der Waals surface area contributed by atoms with Crippen LogP contribution in [0.1, 0.15) is 86.7 Å². The maximum atomic E-state index is 12.5. The smallest absolute Gasteiger partial charge is 0.410 e. The van der Waals surface area contributed by atoms with Crippen molar-refractivity contribution in [2.45, 2.75) is 45.1 Å². The normalized spacial score (nSPS) is 16.9. The third kappa shape index (κ3) is 7.81. The molecule has 52 heavy (non-hydrogen) atoms. The summed E-state index contributed by atoms with van der Waals surface area (Å²) in [6.45, 7) is 6.70. The van der Waals surface area contributed by atoms with E-state index in [1.807, 2.05) is 49.7 Å². The van der Waals surface area contributed by atoms with Crippen molar-refractivity contribution in [2.75, 3.05) is 39.5 Å². The van der Waals surface area contributed by atoms with Crippen molar-refractivity contribution < 1.29 is 48.2 Å². The van der Waals surface area contributed by atoms with Gasteiger partial charge in [0.2, 0.25) is 0 Å². The summed E-state index contributed by atoms with van der Waals surface area (Å²) in [5.74, 6) is -1.19. The van der Waals surface area contributed by atoms with Gasteiger partial charge in [-0.2, -0.15) is 0 Å². The maximum Gasteiger partial charge on any atom is 0.410 e. The van der Waals surface area contributed by atoms with E-state index in [9.17, 15) is 24.0 Å². The molecule has 0 radical (unpaired) electrons. The summed E-state index contributed by atoms with van der Waals surface area (Å²) in [6, 6.07) is 16.8. The number of aromatic nitrogens is 2. The Kier molecular flexibility index (Phi) is 10.6. The highest BCUT2D eigenvalue weighted by Crippen LogP contribution is 2.29. The number of carbonyl (C=O) groups excluding carboxylic acids is 5. The van der Waals surface area contributed by atoms with Crippen LogP contribution in [0, 0.1) is 0 Å². The number of rotatable bonds is 9. The summed E-state index contributed by atoms with van der Waals surface area (Å²) in [4.78, 5) is 77.2. The van der Waals surface area contributed by atoms with Crippen LogP contribution in [-0.4, -0.2) is 104 Å². The maximum absolute atomic E-state index is 12.5. The van der Waals surface area contributed by atoms with Crippen LogP contribution in [0.2, 0.25) is 0 Å². The Balaban J connectivity index is 0.000000258. The number of carbonyl (C=O) groups is 5. The number of hydroxylamine groups is 4. The highest BCUT2D eigenvalue weighted by molar-refractivity contribution is 6.21. The lowest BCUT2D eigenvalue weighted by atomic mass is 9.95. The van der Waals surface area contributed by atoms with Gasteiger partial charge in [0.05, 0.1) is 47.4 Å². The van der Waals surface area contributed by atoms with Gasteiger partial charge in [0.1, 0.15) is 30.2 Å². The Morgan fingerprint density at radius 3 is 1.88 bits per heavy atom. The van der Waals surface area contributed by atoms with Crippen molar-refractivity contribution in [1.29, 1.82) is 0 Å². The number of piperidine rings is 1. The quantitative estimate of drug-likeness (QED) is 0.194. The number of amides is 5. The molecular weight excluding hydrogens is 674 g/mol. The molecule has 5 heterocycles. The molecule has 15 nitrogen and oxygen atoms in total. The van der Waals surface area contributed by atoms with Crippen LogP contribution < -0.4 is 4.74 Å². The predicted octanol–water partition coefficient (Wildman–Crippen LogP) is 4.26. The fourth-order valence-electron chi connectivity index (χ4n) is 5.97. The second-order valence-corrected chi connectivity index (χ2v) is 13.2. The lowest BCUT2D eigenvalue weighted by Gasteiger charge is -2.33. The van der Waals surface area contributed by atoms with Gasteiger partial charge in [0.15, 0.2) is 0 Å². The molecular formula is C37H39N5O10. The molecule has 0 saturated carbocycles. The first-order valence-electron chi connectivity index (χ1n) is 16.9. The van der Waals surface area contributed by atoms with Crippen LogP contribution in [0.25, 0.3) is 5.65 Å². The van der Waals surface area contributed by atoms with Crippen molar-refractivity contribution in [1.82, 2.24) is 24.4 Å². The first kappa shape index (κ1) is 36.2. The van der Waals surface area contributed by atoms with E-state index in [2.05, 4.69) is 0 Å². The molecule has 0 spiro atoms. The molecule has 1 fully saturated rings. The largest absolute Gasteiger partial charge is 0.490 e. The number of fused-ring (bicyclic) bond motifs is 3. The average molecular weight is 714 g/mol. The van der Waals surface area contributed by atoms with Gasteiger partial charge in [-0.25, -0.2) is 9.78 Å². The molecule has 3 aliphatic heterocycles. The van der Waals surface area contributed by atoms with Gasteiger partial charge >= 0.3 is 6.09 Å². The van der Waals surface area contributed by atoms with Crippen molar-refractivity contribution >= 4 is 35.4 Å². The number of hydrogen-bond donors (Lipinski definition) is 1. The summed E-state index contributed by atoms with van der Waals surface area (Å²) in [6.07, 6.45) is 5.32. The molecule has 0 bridgehead atoms. The Hall–Kier alpha value is -5.64. The van der Waals surface area contributed by atoms with Crippen LogP contribution in [0.5, 0.6) is 5.75 Å². The zero-order valence-electron chi connectivity index (χ0n) is 29.0. The van der Waals surface area contributed by atoms with Crippen molar-refractivity contribution in [3.8, 4) is 5.75 Å². The third-order valence-corrected chi connectivity index (χ3v) is 8.33. The van der Waals surface area contributed by atoms with Gasteiger partial charge in [-0.1, -0.05) is 24.3 Å². The highest BCUT2D eigenvalue weighted by atomic mass is 16.7. The van der Waals surface area contributed by atoms with E-state index in [0.29, 0.717) is 46.2 Å². The topological polar surface area (TPSA) is 170 Å². The zero-order chi connectivity index (χ0) is 37.0. The van der Waals surface area contributed by atoms with Crippen molar-refractivity contribution in [2.24, 2.45) is 0 Å². The van der Waals surface area contributed by atoms with Crippen LogP contribution in [0.4, 0.5) is 4.79 Å². The predicted molar refractivity (Wildman–Crippen MR) is 183 cm³/mol. The minimum absolute atomic E-state index is 0.0290. The summed E-state index contributed by atoms with van der Waals surface area (Å²) in [5, 5.41) is 10.0. The second-order valence-electron chi connectivity index (χ2n) is 13.2. The number of imidazole rings is 1.